The summed E-state index contributed by atoms with van der Waals surface area (Å²) in [5.41, 5.74) is 1.46. The van der Waals surface area contributed by atoms with Crippen molar-refractivity contribution in [1.29, 1.82) is 0 Å². The van der Waals surface area contributed by atoms with Gasteiger partial charge in [-0.3, -0.25) is 0 Å². The molecule has 2 heteroatoms. The number of allylic oxidation sites excluding steroid dienone is 1. The summed E-state index contributed by atoms with van der Waals surface area (Å²) in [7, 11) is 0. The average molecular weight is 275 g/mol. The Bertz CT molecular complexity index is 62.5. The second-order valence-corrected chi connectivity index (χ2v) is 2.44. The Hall–Kier alpha value is 0.950. The maximum Gasteiger partial charge on any atom is 0.0249 e. The summed E-state index contributed by atoms with van der Waals surface area (Å²) in [6.45, 7) is 2.16. The first-order valence-corrected chi connectivity index (χ1v) is 4.56. The molecule has 42 valence electrons. The molecule has 0 bridgehead atoms. The topological polar surface area (TPSA) is 0 Å². The van der Waals surface area contributed by atoms with Crippen molar-refractivity contribution < 1.29 is 0 Å². The van der Waals surface area contributed by atoms with Crippen LogP contribution in [-0.4, -0.2) is 5.33 Å². The van der Waals surface area contributed by atoms with Crippen LogP contribution >= 0.6 is 38.5 Å². The highest BCUT2D eigenvalue weighted by Crippen LogP contribution is 2.06. The van der Waals surface area contributed by atoms with Crippen LogP contribution in [0, 0.1) is 0 Å². The van der Waals surface area contributed by atoms with Crippen molar-refractivity contribution >= 4 is 38.5 Å². The second kappa shape index (κ2) is 5.09. The van der Waals surface area contributed by atoms with Gasteiger partial charge in [-0.1, -0.05) is 51.0 Å². The lowest BCUT2D eigenvalue weighted by atomic mass is 10.3. The Kier molecular flexibility index (Phi) is 5.79. The monoisotopic (exact) mass is 274 g/mol. The van der Waals surface area contributed by atoms with Crippen LogP contribution in [-0.2, 0) is 0 Å². The molecule has 0 fully saturated rings. The first kappa shape index (κ1) is 7.95. The molecule has 0 unspecified atom stereocenters. The Morgan fingerprint density at radius 3 is 2.43 bits per heavy atom. The molecule has 0 nitrogen and oxygen atoms in total. The molecule has 0 aliphatic rings. The van der Waals surface area contributed by atoms with Crippen LogP contribution in [0.1, 0.15) is 13.3 Å². The Morgan fingerprint density at radius 1 is 1.86 bits per heavy atom. The lowest BCUT2D eigenvalue weighted by molar-refractivity contribution is 1.12. The molecule has 0 rings (SSSR count). The van der Waals surface area contributed by atoms with Crippen LogP contribution in [0.25, 0.3) is 0 Å². The van der Waals surface area contributed by atoms with E-state index in [-0.39, 0.29) is 0 Å². The Balaban J connectivity index is 3.38. The average Bonchev–Trinajstić information content (AvgIpc) is 1.72. The number of halogens is 2. The third kappa shape index (κ3) is 3.53. The van der Waals surface area contributed by atoms with Crippen molar-refractivity contribution in [3.63, 3.8) is 0 Å². The van der Waals surface area contributed by atoms with E-state index < -0.39 is 0 Å². The van der Waals surface area contributed by atoms with Crippen molar-refractivity contribution in [2.75, 3.05) is 5.33 Å². The van der Waals surface area contributed by atoms with Crippen molar-refractivity contribution in [1.82, 2.24) is 0 Å². The minimum atomic E-state index is 1.02. The zero-order chi connectivity index (χ0) is 5.70. The summed E-state index contributed by atoms with van der Waals surface area (Å²) >= 11 is 5.62. The highest BCUT2D eigenvalue weighted by Gasteiger charge is 1.84. The van der Waals surface area contributed by atoms with Crippen molar-refractivity contribution in [3.05, 3.63) is 9.66 Å². The van der Waals surface area contributed by atoms with Crippen LogP contribution < -0.4 is 0 Å². The van der Waals surface area contributed by atoms with Crippen LogP contribution in [0.15, 0.2) is 9.66 Å². The third-order valence-corrected chi connectivity index (χ3v) is 2.38. The Labute approximate surface area is 66.6 Å². The normalized spacial score (nSPS) is 12.1. The largest absolute Gasteiger partial charge is 0.0880 e. The van der Waals surface area contributed by atoms with E-state index in [9.17, 15) is 0 Å². The van der Waals surface area contributed by atoms with Crippen LogP contribution in [0.5, 0.6) is 0 Å². The molecule has 0 aromatic heterocycles. The second-order valence-electron chi connectivity index (χ2n) is 1.25. The van der Waals surface area contributed by atoms with E-state index in [2.05, 4.69) is 49.5 Å². The van der Waals surface area contributed by atoms with Crippen molar-refractivity contribution in [2.45, 2.75) is 13.3 Å². The van der Waals surface area contributed by atoms with E-state index >= 15 is 0 Å². The molecular formula is C5H8BrI. The SMILES string of the molecule is CC/C(=C/I)CBr. The molecule has 0 amide bonds. The smallest absolute Gasteiger partial charge is 0.0249 e. The van der Waals surface area contributed by atoms with Gasteiger partial charge < -0.3 is 0 Å². The third-order valence-electron chi connectivity index (χ3n) is 0.780. The van der Waals surface area contributed by atoms with Gasteiger partial charge in [-0.2, -0.15) is 0 Å². The molecule has 0 radical (unpaired) electrons. The van der Waals surface area contributed by atoms with E-state index in [1.807, 2.05) is 0 Å². The maximum absolute atomic E-state index is 3.36. The van der Waals surface area contributed by atoms with Crippen LogP contribution in [0.4, 0.5) is 0 Å². The fourth-order valence-corrected chi connectivity index (χ4v) is 2.02. The van der Waals surface area contributed by atoms with Crippen LogP contribution in [0.2, 0.25) is 0 Å². The van der Waals surface area contributed by atoms with E-state index in [4.69, 9.17) is 0 Å². The van der Waals surface area contributed by atoms with E-state index in [0.29, 0.717) is 0 Å². The molecule has 0 heterocycles. The zero-order valence-electron chi connectivity index (χ0n) is 4.25. The molecule has 0 aliphatic heterocycles. The van der Waals surface area contributed by atoms with E-state index in [1.165, 1.54) is 5.57 Å². The number of hydrogen-bond acceptors (Lipinski definition) is 0. The minimum absolute atomic E-state index is 1.02. The maximum atomic E-state index is 3.36. The van der Waals surface area contributed by atoms with E-state index in [0.717, 1.165) is 11.8 Å². The lowest BCUT2D eigenvalue weighted by Gasteiger charge is -1.90. The lowest BCUT2D eigenvalue weighted by Crippen LogP contribution is -1.75. The quantitative estimate of drug-likeness (QED) is 0.536. The van der Waals surface area contributed by atoms with Crippen molar-refractivity contribution in [2.24, 2.45) is 0 Å². The molecule has 0 atom stereocenters. The van der Waals surface area contributed by atoms with Gasteiger partial charge in [0.25, 0.3) is 0 Å². The molecule has 0 saturated heterocycles. The van der Waals surface area contributed by atoms with Gasteiger partial charge in [0.1, 0.15) is 0 Å². The van der Waals surface area contributed by atoms with Gasteiger partial charge in [-0.05, 0) is 10.5 Å². The van der Waals surface area contributed by atoms with Gasteiger partial charge in [0, 0.05) is 5.33 Å². The number of hydrogen-bond donors (Lipinski definition) is 0. The standard InChI is InChI=1S/C5H8BrI/c1-2-5(3-6)4-7/h4H,2-3H2,1H3/b5-4-. The molecule has 0 aliphatic carbocycles. The fourth-order valence-electron chi connectivity index (χ4n) is 0.201. The predicted molar refractivity (Wildman–Crippen MR) is 46.2 cm³/mol. The summed E-state index contributed by atoms with van der Waals surface area (Å²) in [6.07, 6.45) is 1.16. The number of rotatable bonds is 2. The van der Waals surface area contributed by atoms with Gasteiger partial charge >= 0.3 is 0 Å². The van der Waals surface area contributed by atoms with Crippen molar-refractivity contribution in [3.8, 4) is 0 Å². The molecular weight excluding hydrogens is 267 g/mol. The molecule has 0 N–H and O–H groups in total. The summed E-state index contributed by atoms with van der Waals surface area (Å²) < 4.78 is 2.12. The minimum Gasteiger partial charge on any atom is -0.0880 e. The molecule has 7 heavy (non-hydrogen) atoms. The summed E-state index contributed by atoms with van der Waals surface area (Å²) in [6, 6.07) is 0. The summed E-state index contributed by atoms with van der Waals surface area (Å²) in [5.74, 6) is 0. The van der Waals surface area contributed by atoms with Gasteiger partial charge in [0.15, 0.2) is 0 Å². The van der Waals surface area contributed by atoms with Gasteiger partial charge in [0.2, 0.25) is 0 Å². The highest BCUT2D eigenvalue weighted by molar-refractivity contribution is 14.1. The van der Waals surface area contributed by atoms with E-state index in [1.54, 1.807) is 0 Å². The van der Waals surface area contributed by atoms with Crippen LogP contribution in [0.3, 0.4) is 0 Å². The fraction of sp³-hybridized carbons (Fsp3) is 0.600. The first-order chi connectivity index (χ1) is 3.35. The molecule has 0 aromatic rings. The summed E-state index contributed by atoms with van der Waals surface area (Å²) in [5, 5.41) is 1.02. The zero-order valence-corrected chi connectivity index (χ0v) is 7.99. The van der Waals surface area contributed by atoms with Gasteiger partial charge in [-0.15, -0.1) is 0 Å². The Morgan fingerprint density at radius 2 is 2.43 bits per heavy atom. The predicted octanol–water partition coefficient (Wildman–Crippen LogP) is 3.11. The molecule has 0 saturated carbocycles. The number of alkyl halides is 1. The highest BCUT2D eigenvalue weighted by atomic mass is 127. The van der Waals surface area contributed by atoms with Gasteiger partial charge in [-0.25, -0.2) is 0 Å². The van der Waals surface area contributed by atoms with Gasteiger partial charge in [0.05, 0.1) is 0 Å². The first-order valence-electron chi connectivity index (χ1n) is 2.19. The summed E-state index contributed by atoms with van der Waals surface area (Å²) in [4.78, 5) is 0. The molecule has 0 aromatic carbocycles. The molecule has 0 spiro atoms.